The van der Waals surface area contributed by atoms with Gasteiger partial charge in [-0.05, 0) is 32.6 Å². The van der Waals surface area contributed by atoms with Crippen LogP contribution in [0.3, 0.4) is 0 Å². The molecule has 100 valence electrons. The SMILES string of the molecule is CC1(CNC(=O)C2CC3CCC2N3)CCNC1=O. The molecular formula is C13H21N3O2. The third-order valence-electron chi connectivity index (χ3n) is 4.80. The average molecular weight is 251 g/mol. The van der Waals surface area contributed by atoms with E-state index >= 15 is 0 Å². The van der Waals surface area contributed by atoms with E-state index < -0.39 is 5.41 Å². The maximum atomic E-state index is 12.2. The van der Waals surface area contributed by atoms with Crippen molar-refractivity contribution in [3.8, 4) is 0 Å². The van der Waals surface area contributed by atoms with Crippen LogP contribution < -0.4 is 16.0 Å². The highest BCUT2D eigenvalue weighted by atomic mass is 16.2. The molecule has 3 saturated heterocycles. The summed E-state index contributed by atoms with van der Waals surface area (Å²) < 4.78 is 0. The normalized spacial score (nSPS) is 42.1. The summed E-state index contributed by atoms with van der Waals surface area (Å²) in [5.41, 5.74) is -0.416. The molecule has 0 spiro atoms. The number of hydrogen-bond donors (Lipinski definition) is 3. The molecule has 3 N–H and O–H groups in total. The minimum Gasteiger partial charge on any atom is -0.356 e. The molecule has 3 aliphatic rings. The van der Waals surface area contributed by atoms with E-state index in [0.29, 0.717) is 18.6 Å². The van der Waals surface area contributed by atoms with Gasteiger partial charge in [-0.1, -0.05) is 0 Å². The zero-order valence-corrected chi connectivity index (χ0v) is 10.8. The summed E-state index contributed by atoms with van der Waals surface area (Å²) in [6, 6.07) is 0.899. The standard InChI is InChI=1S/C13H21N3O2/c1-13(4-5-14-12(13)18)7-15-11(17)9-6-8-2-3-10(9)16-8/h8-10,16H,2-7H2,1H3,(H,14,18)(H,15,17). The molecule has 5 heteroatoms. The molecule has 0 aromatic rings. The molecule has 0 radical (unpaired) electrons. The molecule has 5 nitrogen and oxygen atoms in total. The molecule has 3 heterocycles. The Hall–Kier alpha value is -1.10. The van der Waals surface area contributed by atoms with Crippen LogP contribution in [0.5, 0.6) is 0 Å². The number of amides is 2. The lowest BCUT2D eigenvalue weighted by Gasteiger charge is -2.24. The Kier molecular flexibility index (Phi) is 2.81. The summed E-state index contributed by atoms with van der Waals surface area (Å²) in [4.78, 5) is 23.8. The highest BCUT2D eigenvalue weighted by Gasteiger charge is 2.44. The van der Waals surface area contributed by atoms with E-state index in [-0.39, 0.29) is 17.7 Å². The zero-order valence-electron chi connectivity index (χ0n) is 10.8. The van der Waals surface area contributed by atoms with Gasteiger partial charge in [0.05, 0.1) is 11.3 Å². The molecular weight excluding hydrogens is 230 g/mol. The fourth-order valence-corrected chi connectivity index (χ4v) is 3.47. The number of hydrogen-bond acceptors (Lipinski definition) is 3. The summed E-state index contributed by atoms with van der Waals surface area (Å²) in [6.45, 7) is 3.11. The third kappa shape index (κ3) is 1.90. The maximum Gasteiger partial charge on any atom is 0.227 e. The van der Waals surface area contributed by atoms with Crippen LogP contribution in [0.2, 0.25) is 0 Å². The number of carbonyl (C=O) groups is 2. The predicted octanol–water partition coefficient (Wildman–Crippen LogP) is -0.231. The minimum absolute atomic E-state index is 0.0638. The molecule has 3 fully saturated rings. The molecule has 0 aromatic heterocycles. The maximum absolute atomic E-state index is 12.2. The average Bonchev–Trinajstić information content (AvgIpc) is 3.04. The highest BCUT2D eigenvalue weighted by molar-refractivity contribution is 5.86. The zero-order chi connectivity index (χ0) is 12.8. The Bertz CT molecular complexity index is 384. The smallest absolute Gasteiger partial charge is 0.227 e. The van der Waals surface area contributed by atoms with E-state index in [0.717, 1.165) is 25.8 Å². The summed E-state index contributed by atoms with van der Waals surface area (Å²) in [5.74, 6) is 0.293. The topological polar surface area (TPSA) is 70.2 Å². The molecule has 4 unspecified atom stereocenters. The van der Waals surface area contributed by atoms with Gasteiger partial charge in [0, 0.05) is 25.2 Å². The first-order chi connectivity index (χ1) is 8.58. The van der Waals surface area contributed by atoms with Gasteiger partial charge in [-0.2, -0.15) is 0 Å². The summed E-state index contributed by atoms with van der Waals surface area (Å²) in [6.07, 6.45) is 4.08. The molecule has 0 aliphatic carbocycles. The van der Waals surface area contributed by atoms with E-state index in [4.69, 9.17) is 0 Å². The number of nitrogens with one attached hydrogen (secondary N) is 3. The second kappa shape index (κ2) is 4.23. The van der Waals surface area contributed by atoms with Gasteiger partial charge < -0.3 is 16.0 Å². The number of fused-ring (bicyclic) bond motifs is 2. The van der Waals surface area contributed by atoms with Crippen molar-refractivity contribution in [2.75, 3.05) is 13.1 Å². The van der Waals surface area contributed by atoms with Crippen molar-refractivity contribution < 1.29 is 9.59 Å². The molecule has 0 aromatic carbocycles. The molecule has 3 rings (SSSR count). The first kappa shape index (κ1) is 12.0. The lowest BCUT2D eigenvalue weighted by molar-refractivity contribution is -0.129. The lowest BCUT2D eigenvalue weighted by Crippen LogP contribution is -2.44. The van der Waals surface area contributed by atoms with Gasteiger partial charge in [0.1, 0.15) is 0 Å². The van der Waals surface area contributed by atoms with Crippen LogP contribution in [0, 0.1) is 11.3 Å². The van der Waals surface area contributed by atoms with Crippen molar-refractivity contribution in [1.29, 1.82) is 0 Å². The molecule has 2 amide bonds. The molecule has 3 aliphatic heterocycles. The third-order valence-corrected chi connectivity index (χ3v) is 4.80. The Morgan fingerprint density at radius 2 is 2.33 bits per heavy atom. The summed E-state index contributed by atoms with van der Waals surface area (Å²) in [7, 11) is 0. The van der Waals surface area contributed by atoms with Crippen molar-refractivity contribution in [3.63, 3.8) is 0 Å². The second-order valence-corrected chi connectivity index (χ2v) is 6.17. The van der Waals surface area contributed by atoms with E-state index in [9.17, 15) is 9.59 Å². The van der Waals surface area contributed by atoms with Crippen LogP contribution in [0.4, 0.5) is 0 Å². The Morgan fingerprint density at radius 3 is 2.89 bits per heavy atom. The quantitative estimate of drug-likeness (QED) is 0.649. The fourth-order valence-electron chi connectivity index (χ4n) is 3.47. The largest absolute Gasteiger partial charge is 0.356 e. The van der Waals surface area contributed by atoms with Crippen LogP contribution in [0.25, 0.3) is 0 Å². The van der Waals surface area contributed by atoms with Gasteiger partial charge in [0.15, 0.2) is 0 Å². The van der Waals surface area contributed by atoms with Crippen molar-refractivity contribution in [1.82, 2.24) is 16.0 Å². The van der Waals surface area contributed by atoms with Crippen LogP contribution in [-0.4, -0.2) is 37.0 Å². The first-order valence-electron chi connectivity index (χ1n) is 6.90. The predicted molar refractivity (Wildman–Crippen MR) is 66.8 cm³/mol. The lowest BCUT2D eigenvalue weighted by atomic mass is 9.86. The Balaban J connectivity index is 1.54. The van der Waals surface area contributed by atoms with Crippen molar-refractivity contribution in [2.24, 2.45) is 11.3 Å². The number of carbonyl (C=O) groups excluding carboxylic acids is 2. The molecule has 0 saturated carbocycles. The van der Waals surface area contributed by atoms with E-state index in [1.807, 2.05) is 6.92 Å². The fraction of sp³-hybridized carbons (Fsp3) is 0.846. The van der Waals surface area contributed by atoms with Crippen LogP contribution in [-0.2, 0) is 9.59 Å². The summed E-state index contributed by atoms with van der Waals surface area (Å²) >= 11 is 0. The van der Waals surface area contributed by atoms with Gasteiger partial charge in [0.25, 0.3) is 0 Å². The van der Waals surface area contributed by atoms with Crippen LogP contribution in [0.15, 0.2) is 0 Å². The van der Waals surface area contributed by atoms with Crippen molar-refractivity contribution in [2.45, 2.75) is 44.7 Å². The van der Waals surface area contributed by atoms with Crippen LogP contribution in [0.1, 0.15) is 32.6 Å². The highest BCUT2D eigenvalue weighted by Crippen LogP contribution is 2.33. The van der Waals surface area contributed by atoms with Gasteiger partial charge >= 0.3 is 0 Å². The minimum atomic E-state index is -0.416. The van der Waals surface area contributed by atoms with E-state index in [1.165, 1.54) is 6.42 Å². The second-order valence-electron chi connectivity index (χ2n) is 6.17. The van der Waals surface area contributed by atoms with Gasteiger partial charge in [-0.15, -0.1) is 0 Å². The number of rotatable bonds is 3. The monoisotopic (exact) mass is 251 g/mol. The first-order valence-corrected chi connectivity index (χ1v) is 6.90. The Labute approximate surface area is 107 Å². The van der Waals surface area contributed by atoms with Gasteiger partial charge in [0.2, 0.25) is 11.8 Å². The molecule has 4 atom stereocenters. The van der Waals surface area contributed by atoms with E-state index in [1.54, 1.807) is 0 Å². The van der Waals surface area contributed by atoms with Gasteiger partial charge in [-0.25, -0.2) is 0 Å². The van der Waals surface area contributed by atoms with Gasteiger partial charge in [-0.3, -0.25) is 9.59 Å². The van der Waals surface area contributed by atoms with Crippen LogP contribution >= 0.6 is 0 Å². The van der Waals surface area contributed by atoms with Crippen molar-refractivity contribution >= 4 is 11.8 Å². The van der Waals surface area contributed by atoms with Crippen molar-refractivity contribution in [3.05, 3.63) is 0 Å². The van der Waals surface area contributed by atoms with E-state index in [2.05, 4.69) is 16.0 Å². The molecule has 2 bridgehead atoms. The summed E-state index contributed by atoms with van der Waals surface area (Å²) in [5, 5.41) is 9.28. The Morgan fingerprint density at radius 1 is 1.50 bits per heavy atom. The molecule has 18 heavy (non-hydrogen) atoms.